The fourth-order valence-corrected chi connectivity index (χ4v) is 2.64. The van der Waals surface area contributed by atoms with Gasteiger partial charge in [0.05, 0.1) is 11.8 Å². The van der Waals surface area contributed by atoms with Crippen LogP contribution < -0.4 is 5.32 Å². The molecule has 2 aromatic rings. The van der Waals surface area contributed by atoms with Crippen molar-refractivity contribution in [1.82, 2.24) is 15.1 Å². The summed E-state index contributed by atoms with van der Waals surface area (Å²) in [6, 6.07) is 6.70. The molecule has 0 aliphatic heterocycles. The van der Waals surface area contributed by atoms with Crippen LogP contribution in [0.15, 0.2) is 30.5 Å². The fraction of sp³-hybridized carbons (Fsp3) is 0.353. The molecule has 1 aliphatic carbocycles. The van der Waals surface area contributed by atoms with E-state index in [1.807, 2.05) is 0 Å². The summed E-state index contributed by atoms with van der Waals surface area (Å²) in [6.07, 6.45) is 4.70. The Labute approximate surface area is 134 Å². The second kappa shape index (κ2) is 6.24. The summed E-state index contributed by atoms with van der Waals surface area (Å²) in [5.74, 6) is -0.560. The van der Waals surface area contributed by atoms with Gasteiger partial charge in [-0.2, -0.15) is 5.10 Å². The topological polar surface area (TPSA) is 84.2 Å². The van der Waals surface area contributed by atoms with Crippen LogP contribution in [-0.4, -0.2) is 33.3 Å². The first kappa shape index (κ1) is 15.3. The van der Waals surface area contributed by atoms with E-state index in [-0.39, 0.29) is 11.5 Å². The van der Waals surface area contributed by atoms with Gasteiger partial charge in [0.25, 0.3) is 5.91 Å². The van der Waals surface area contributed by atoms with Gasteiger partial charge < -0.3 is 10.4 Å². The number of carbonyl (C=O) groups excluding carboxylic acids is 1. The maximum absolute atomic E-state index is 12.4. The normalized spacial score (nSPS) is 13.8. The molecule has 0 unspecified atom stereocenters. The van der Waals surface area contributed by atoms with E-state index < -0.39 is 5.97 Å². The molecule has 2 N–H and O–H groups in total. The van der Waals surface area contributed by atoms with Crippen LogP contribution in [0.5, 0.6) is 0 Å². The summed E-state index contributed by atoms with van der Waals surface area (Å²) < 4.78 is 1.63. The standard InChI is InChI=1S/C17H19N3O3/c1-20-15(14(10-19-20)12-6-7-12)16(21)18-9-8-11-2-4-13(5-3-11)17(22)23/h2-5,10,12H,6-9H2,1H3,(H,18,21)(H,22,23). The molecule has 6 nitrogen and oxygen atoms in total. The number of amides is 1. The number of nitrogens with one attached hydrogen (secondary N) is 1. The van der Waals surface area contributed by atoms with Crippen molar-refractivity contribution >= 4 is 11.9 Å². The molecule has 0 radical (unpaired) electrons. The minimum Gasteiger partial charge on any atom is -0.478 e. The molecular weight excluding hydrogens is 294 g/mol. The first-order valence-electron chi connectivity index (χ1n) is 7.68. The quantitative estimate of drug-likeness (QED) is 0.854. The molecule has 0 spiro atoms. The Kier molecular flexibility index (Phi) is 4.14. The van der Waals surface area contributed by atoms with Crippen LogP contribution in [0.2, 0.25) is 0 Å². The first-order chi connectivity index (χ1) is 11.1. The van der Waals surface area contributed by atoms with Crippen molar-refractivity contribution in [3.8, 4) is 0 Å². The Morgan fingerprint density at radius 3 is 2.61 bits per heavy atom. The van der Waals surface area contributed by atoms with Gasteiger partial charge in [-0.15, -0.1) is 0 Å². The smallest absolute Gasteiger partial charge is 0.335 e. The maximum atomic E-state index is 12.4. The highest BCUT2D eigenvalue weighted by atomic mass is 16.4. The van der Waals surface area contributed by atoms with Gasteiger partial charge in [0.15, 0.2) is 0 Å². The second-order valence-electron chi connectivity index (χ2n) is 5.85. The number of carboxylic acid groups (broad SMARTS) is 1. The minimum atomic E-state index is -0.936. The Morgan fingerprint density at radius 1 is 1.30 bits per heavy atom. The van der Waals surface area contributed by atoms with Crippen molar-refractivity contribution in [3.05, 3.63) is 52.8 Å². The van der Waals surface area contributed by atoms with Crippen molar-refractivity contribution in [2.45, 2.75) is 25.2 Å². The van der Waals surface area contributed by atoms with Gasteiger partial charge in [-0.05, 0) is 42.9 Å². The van der Waals surface area contributed by atoms with E-state index in [2.05, 4.69) is 10.4 Å². The summed E-state index contributed by atoms with van der Waals surface area (Å²) in [6.45, 7) is 0.501. The molecule has 1 aliphatic rings. The second-order valence-corrected chi connectivity index (χ2v) is 5.85. The van der Waals surface area contributed by atoms with Gasteiger partial charge in [-0.3, -0.25) is 9.48 Å². The van der Waals surface area contributed by atoms with Crippen LogP contribution in [0.25, 0.3) is 0 Å². The summed E-state index contributed by atoms with van der Waals surface area (Å²) >= 11 is 0. The van der Waals surface area contributed by atoms with Crippen molar-refractivity contribution in [3.63, 3.8) is 0 Å². The number of aromatic nitrogens is 2. The lowest BCUT2D eigenvalue weighted by Gasteiger charge is -2.08. The first-order valence-corrected chi connectivity index (χ1v) is 7.68. The lowest BCUT2D eigenvalue weighted by Crippen LogP contribution is -2.28. The van der Waals surface area contributed by atoms with Gasteiger partial charge in [0.1, 0.15) is 5.69 Å². The summed E-state index contributed by atoms with van der Waals surface area (Å²) in [5, 5.41) is 16.0. The highest BCUT2D eigenvalue weighted by Gasteiger charge is 2.30. The van der Waals surface area contributed by atoms with Gasteiger partial charge in [0, 0.05) is 19.2 Å². The molecule has 1 fully saturated rings. The van der Waals surface area contributed by atoms with Crippen LogP contribution in [0, 0.1) is 0 Å². The molecule has 120 valence electrons. The average Bonchev–Trinajstić information content (AvgIpc) is 3.30. The molecule has 1 aromatic carbocycles. The Balaban J connectivity index is 1.57. The molecule has 1 heterocycles. The van der Waals surface area contributed by atoms with Crippen molar-refractivity contribution < 1.29 is 14.7 Å². The SMILES string of the molecule is Cn1ncc(C2CC2)c1C(=O)NCCc1ccc(C(=O)O)cc1. The summed E-state index contributed by atoms with van der Waals surface area (Å²) in [5.41, 5.74) is 2.94. The molecule has 0 atom stereocenters. The van der Waals surface area contributed by atoms with Crippen molar-refractivity contribution in [2.75, 3.05) is 6.54 Å². The van der Waals surface area contributed by atoms with Gasteiger partial charge >= 0.3 is 5.97 Å². The van der Waals surface area contributed by atoms with E-state index in [1.165, 1.54) is 0 Å². The fourth-order valence-electron chi connectivity index (χ4n) is 2.64. The van der Waals surface area contributed by atoms with Crippen molar-refractivity contribution in [1.29, 1.82) is 0 Å². The summed E-state index contributed by atoms with van der Waals surface area (Å²) in [4.78, 5) is 23.2. The summed E-state index contributed by atoms with van der Waals surface area (Å²) in [7, 11) is 1.78. The van der Waals surface area contributed by atoms with E-state index in [0.29, 0.717) is 24.6 Å². The predicted octanol–water partition coefficient (Wildman–Crippen LogP) is 1.97. The van der Waals surface area contributed by atoms with Crippen LogP contribution in [0.4, 0.5) is 0 Å². The van der Waals surface area contributed by atoms with E-state index in [0.717, 1.165) is 24.0 Å². The maximum Gasteiger partial charge on any atom is 0.335 e. The third kappa shape index (κ3) is 3.41. The van der Waals surface area contributed by atoms with E-state index >= 15 is 0 Å². The molecule has 1 aromatic heterocycles. The minimum absolute atomic E-state index is 0.103. The number of rotatable bonds is 6. The molecular formula is C17H19N3O3. The third-order valence-electron chi connectivity index (χ3n) is 4.10. The zero-order valence-electron chi connectivity index (χ0n) is 13.0. The van der Waals surface area contributed by atoms with Crippen LogP contribution in [-0.2, 0) is 13.5 Å². The number of aromatic carboxylic acids is 1. The lowest BCUT2D eigenvalue weighted by molar-refractivity contribution is 0.0696. The number of hydrogen-bond donors (Lipinski definition) is 2. The molecule has 3 rings (SSSR count). The number of carbonyl (C=O) groups is 2. The molecule has 1 amide bonds. The predicted molar refractivity (Wildman–Crippen MR) is 84.6 cm³/mol. The van der Waals surface area contributed by atoms with Gasteiger partial charge in [-0.1, -0.05) is 12.1 Å². The Bertz CT molecular complexity index is 730. The molecule has 6 heteroatoms. The van der Waals surface area contributed by atoms with Crippen LogP contribution in [0.3, 0.4) is 0 Å². The Hall–Kier alpha value is -2.63. The highest BCUT2D eigenvalue weighted by Crippen LogP contribution is 2.41. The number of carboxylic acids is 1. The largest absolute Gasteiger partial charge is 0.478 e. The van der Waals surface area contributed by atoms with Crippen LogP contribution >= 0.6 is 0 Å². The Morgan fingerprint density at radius 2 is 2.00 bits per heavy atom. The monoisotopic (exact) mass is 313 g/mol. The van der Waals surface area contributed by atoms with E-state index in [1.54, 1.807) is 42.2 Å². The zero-order valence-corrected chi connectivity index (χ0v) is 13.0. The third-order valence-corrected chi connectivity index (χ3v) is 4.10. The number of aryl methyl sites for hydroxylation is 1. The van der Waals surface area contributed by atoms with E-state index in [9.17, 15) is 9.59 Å². The van der Waals surface area contributed by atoms with Crippen molar-refractivity contribution in [2.24, 2.45) is 7.05 Å². The van der Waals surface area contributed by atoms with Gasteiger partial charge in [0.2, 0.25) is 0 Å². The lowest BCUT2D eigenvalue weighted by atomic mass is 10.1. The number of benzene rings is 1. The number of nitrogens with zero attached hydrogens (tertiary/aromatic N) is 2. The molecule has 1 saturated carbocycles. The zero-order chi connectivity index (χ0) is 16.4. The van der Waals surface area contributed by atoms with Gasteiger partial charge in [-0.25, -0.2) is 4.79 Å². The van der Waals surface area contributed by atoms with Crippen LogP contribution in [0.1, 0.15) is 50.7 Å². The number of hydrogen-bond acceptors (Lipinski definition) is 3. The molecule has 23 heavy (non-hydrogen) atoms. The highest BCUT2D eigenvalue weighted by molar-refractivity contribution is 5.94. The average molecular weight is 313 g/mol. The molecule has 0 saturated heterocycles. The molecule has 0 bridgehead atoms. The van der Waals surface area contributed by atoms with E-state index in [4.69, 9.17) is 5.11 Å².